The molecule has 1 unspecified atom stereocenters. The first-order chi connectivity index (χ1) is 16.8. The topological polar surface area (TPSA) is 69.3 Å². The van der Waals surface area contributed by atoms with E-state index in [1.807, 2.05) is 30.3 Å². The highest BCUT2D eigenvalue weighted by atomic mass is 16.6. The molecule has 2 aromatic carbocycles. The van der Waals surface area contributed by atoms with Crippen LogP contribution in [0.5, 0.6) is 17.2 Å². The highest BCUT2D eigenvalue weighted by Crippen LogP contribution is 2.48. The van der Waals surface area contributed by atoms with Gasteiger partial charge in [0, 0.05) is 23.1 Å². The summed E-state index contributed by atoms with van der Waals surface area (Å²) >= 11 is 0. The molecular weight excluding hydrogens is 444 g/mol. The van der Waals surface area contributed by atoms with Crippen LogP contribution >= 0.6 is 0 Å². The van der Waals surface area contributed by atoms with E-state index < -0.39 is 0 Å². The number of carbonyl (C=O) groups is 1. The van der Waals surface area contributed by atoms with E-state index in [-0.39, 0.29) is 23.7 Å². The van der Waals surface area contributed by atoms with Crippen LogP contribution in [0.25, 0.3) is 11.1 Å². The number of piperidine rings is 3. The van der Waals surface area contributed by atoms with Crippen molar-refractivity contribution in [3.63, 3.8) is 0 Å². The number of carbonyl (C=O) groups excluding carboxylic acids is 1. The van der Waals surface area contributed by atoms with Gasteiger partial charge in [0.05, 0.1) is 26.9 Å². The highest BCUT2D eigenvalue weighted by molar-refractivity contribution is 5.77. The lowest BCUT2D eigenvalue weighted by Gasteiger charge is -2.44. The number of hydrogen-bond acceptors (Lipinski definition) is 6. The van der Waals surface area contributed by atoms with Crippen molar-refractivity contribution in [2.45, 2.75) is 45.8 Å². The number of alkyl carbamates (subject to hydrolysis) is 1. The van der Waals surface area contributed by atoms with Crippen LogP contribution in [0.15, 0.2) is 30.3 Å². The number of amides is 1. The minimum absolute atomic E-state index is 0.0325. The van der Waals surface area contributed by atoms with Gasteiger partial charge >= 0.3 is 6.09 Å². The number of rotatable bonds is 5. The number of ether oxygens (including phenoxy) is 4. The van der Waals surface area contributed by atoms with E-state index in [0.29, 0.717) is 12.5 Å². The molecule has 4 heterocycles. The Labute approximate surface area is 207 Å². The fourth-order valence-electron chi connectivity index (χ4n) is 5.75. The van der Waals surface area contributed by atoms with Crippen LogP contribution in [0.4, 0.5) is 4.79 Å². The molecule has 1 amide bonds. The molecular formula is C28H36N2O5. The first-order valence-corrected chi connectivity index (χ1v) is 12.5. The first-order valence-electron chi connectivity index (χ1n) is 12.5. The molecule has 0 saturated carbocycles. The molecule has 3 saturated heterocycles. The predicted octanol–water partition coefficient (Wildman–Crippen LogP) is 4.96. The Morgan fingerprint density at radius 3 is 2.49 bits per heavy atom. The van der Waals surface area contributed by atoms with Crippen molar-refractivity contribution in [2.24, 2.45) is 11.3 Å². The van der Waals surface area contributed by atoms with E-state index in [9.17, 15) is 4.79 Å². The van der Waals surface area contributed by atoms with E-state index in [1.165, 1.54) is 0 Å². The maximum absolute atomic E-state index is 13.1. The van der Waals surface area contributed by atoms with Crippen molar-refractivity contribution in [1.82, 2.24) is 10.2 Å². The van der Waals surface area contributed by atoms with Crippen LogP contribution < -0.4 is 19.5 Å². The number of benzene rings is 2. The number of nitrogens with one attached hydrogen (secondary N) is 1. The summed E-state index contributed by atoms with van der Waals surface area (Å²) in [7, 11) is 3.33. The minimum Gasteiger partial charge on any atom is -0.497 e. The number of fused-ring (bicyclic) bond motifs is 4. The SMILES string of the molecule is COc1ccc(-c2cc3c(cc2OC)C(NC(=O)O[C@H]2CN4CCC2CC4)C(C)(C)CO3)c(C)c1. The Hall–Kier alpha value is -2.93. The third-order valence-corrected chi connectivity index (χ3v) is 7.86. The lowest BCUT2D eigenvalue weighted by Crippen LogP contribution is -2.53. The van der Waals surface area contributed by atoms with E-state index in [4.69, 9.17) is 18.9 Å². The average Bonchev–Trinajstić information content (AvgIpc) is 2.86. The lowest BCUT2D eigenvalue weighted by atomic mass is 9.78. The van der Waals surface area contributed by atoms with E-state index in [0.717, 1.165) is 72.0 Å². The van der Waals surface area contributed by atoms with Crippen LogP contribution in [-0.4, -0.2) is 57.6 Å². The summed E-state index contributed by atoms with van der Waals surface area (Å²) < 4.78 is 23.3. The smallest absolute Gasteiger partial charge is 0.407 e. The molecule has 2 aromatic rings. The minimum atomic E-state index is -0.358. The monoisotopic (exact) mass is 480 g/mol. The van der Waals surface area contributed by atoms with Gasteiger partial charge in [-0.25, -0.2) is 4.79 Å². The van der Waals surface area contributed by atoms with Gasteiger partial charge in [-0.15, -0.1) is 0 Å². The Bertz CT molecular complexity index is 1110. The van der Waals surface area contributed by atoms with E-state index in [2.05, 4.69) is 31.0 Å². The second-order valence-corrected chi connectivity index (χ2v) is 10.7. The van der Waals surface area contributed by atoms with Gasteiger partial charge < -0.3 is 24.3 Å². The number of hydrogen-bond donors (Lipinski definition) is 1. The van der Waals surface area contributed by atoms with E-state index >= 15 is 0 Å². The predicted molar refractivity (Wildman–Crippen MR) is 134 cm³/mol. The standard InChI is InChI=1S/C28H36N2O5/c1-17-12-19(32-4)6-7-20(17)21-13-24-22(14-23(21)33-5)26(28(2,3)16-34-24)29-27(31)35-25-15-30-10-8-18(25)9-11-30/h6-7,12-14,18,25-26H,8-11,15-16H2,1-5H3,(H,29,31)/t25-,26?/m0/s1. The van der Waals surface area contributed by atoms with Crippen LogP contribution in [0.2, 0.25) is 0 Å². The summed E-state index contributed by atoms with van der Waals surface area (Å²) in [6, 6.07) is 9.74. The van der Waals surface area contributed by atoms with Gasteiger partial charge in [-0.3, -0.25) is 4.90 Å². The molecule has 0 aromatic heterocycles. The molecule has 2 bridgehead atoms. The van der Waals surface area contributed by atoms with Gasteiger partial charge in [-0.05, 0) is 74.2 Å². The van der Waals surface area contributed by atoms with Crippen LogP contribution in [-0.2, 0) is 4.74 Å². The zero-order valence-electron chi connectivity index (χ0n) is 21.3. The largest absolute Gasteiger partial charge is 0.497 e. The molecule has 188 valence electrons. The number of aryl methyl sites for hydroxylation is 1. The van der Waals surface area contributed by atoms with E-state index in [1.54, 1.807) is 14.2 Å². The fourth-order valence-corrected chi connectivity index (χ4v) is 5.75. The lowest BCUT2D eigenvalue weighted by molar-refractivity contribution is -0.0361. The molecule has 7 nitrogen and oxygen atoms in total. The summed E-state index contributed by atoms with van der Waals surface area (Å²) in [6.07, 6.45) is 1.82. The van der Waals surface area contributed by atoms with Crippen LogP contribution in [0.1, 0.15) is 43.9 Å². The maximum Gasteiger partial charge on any atom is 0.407 e. The molecule has 4 aliphatic rings. The molecule has 1 N–H and O–H groups in total. The average molecular weight is 481 g/mol. The highest BCUT2D eigenvalue weighted by Gasteiger charge is 2.41. The van der Waals surface area contributed by atoms with Gasteiger partial charge in [-0.1, -0.05) is 19.9 Å². The Morgan fingerprint density at radius 1 is 1.09 bits per heavy atom. The summed E-state index contributed by atoms with van der Waals surface area (Å²) in [5.74, 6) is 2.77. The number of nitrogens with zero attached hydrogens (tertiary/aromatic N) is 1. The molecule has 2 atom stereocenters. The van der Waals surface area contributed by atoms with Gasteiger partial charge in [-0.2, -0.15) is 0 Å². The first kappa shape index (κ1) is 23.8. The molecule has 6 rings (SSSR count). The Kier molecular flexibility index (Phi) is 6.30. The molecule has 0 radical (unpaired) electrons. The summed E-state index contributed by atoms with van der Waals surface area (Å²) in [5, 5.41) is 3.18. The molecule has 3 fully saturated rings. The van der Waals surface area contributed by atoms with Crippen molar-refractivity contribution >= 4 is 6.09 Å². The molecule has 0 aliphatic carbocycles. The van der Waals surface area contributed by atoms with Gasteiger partial charge in [0.15, 0.2) is 0 Å². The summed E-state index contributed by atoms with van der Waals surface area (Å²) in [6.45, 7) is 9.80. The van der Waals surface area contributed by atoms with Crippen molar-refractivity contribution in [2.75, 3.05) is 40.5 Å². The number of methoxy groups -OCH3 is 2. The summed E-state index contributed by atoms with van der Waals surface area (Å²) in [4.78, 5) is 15.5. The zero-order valence-corrected chi connectivity index (χ0v) is 21.3. The van der Waals surface area contributed by atoms with Crippen molar-refractivity contribution in [1.29, 1.82) is 0 Å². The van der Waals surface area contributed by atoms with Crippen molar-refractivity contribution < 1.29 is 23.7 Å². The van der Waals surface area contributed by atoms with Gasteiger partial charge in [0.2, 0.25) is 0 Å². The third-order valence-electron chi connectivity index (χ3n) is 7.86. The van der Waals surface area contributed by atoms with Gasteiger partial charge in [0.1, 0.15) is 23.4 Å². The third kappa shape index (κ3) is 4.54. The zero-order chi connectivity index (χ0) is 24.7. The molecule has 0 spiro atoms. The van der Waals surface area contributed by atoms with Gasteiger partial charge in [0.25, 0.3) is 0 Å². The second-order valence-electron chi connectivity index (χ2n) is 10.7. The maximum atomic E-state index is 13.1. The normalized spacial score (nSPS) is 26.3. The van der Waals surface area contributed by atoms with Crippen LogP contribution in [0, 0.1) is 18.3 Å². The van der Waals surface area contributed by atoms with Crippen molar-refractivity contribution in [3.05, 3.63) is 41.5 Å². The Balaban J connectivity index is 1.43. The molecule has 35 heavy (non-hydrogen) atoms. The quantitative estimate of drug-likeness (QED) is 0.652. The molecule has 4 aliphatic heterocycles. The van der Waals surface area contributed by atoms with Crippen LogP contribution in [0.3, 0.4) is 0 Å². The Morgan fingerprint density at radius 2 is 1.86 bits per heavy atom. The second kappa shape index (κ2) is 9.26. The fraction of sp³-hybridized carbons (Fsp3) is 0.536. The molecule has 7 heteroatoms. The van der Waals surface area contributed by atoms with Crippen molar-refractivity contribution in [3.8, 4) is 28.4 Å². The summed E-state index contributed by atoms with van der Waals surface area (Å²) in [5.41, 5.74) is 3.65.